The first kappa shape index (κ1) is 19.2. The predicted molar refractivity (Wildman–Crippen MR) is 101 cm³/mol. The zero-order valence-corrected chi connectivity index (χ0v) is 15.7. The molecule has 1 aromatic heterocycles. The molecule has 23 heavy (non-hydrogen) atoms. The average Bonchev–Trinajstić information content (AvgIpc) is 2.70. The average molecular weight is 330 g/mol. The summed E-state index contributed by atoms with van der Waals surface area (Å²) < 4.78 is 4.88. The minimum Gasteiger partial charge on any atom is -0.463 e. The van der Waals surface area contributed by atoms with Crippen LogP contribution < -0.4 is 0 Å². The fourth-order valence-corrected chi connectivity index (χ4v) is 3.15. The topological polar surface area (TPSA) is 26.3 Å². The number of ether oxygens (including phenoxy) is 1. The van der Waals surface area contributed by atoms with E-state index in [1.807, 2.05) is 36.5 Å². The zero-order valence-electron chi connectivity index (χ0n) is 14.9. The van der Waals surface area contributed by atoms with Crippen LogP contribution in [0.25, 0.3) is 6.08 Å². The highest BCUT2D eigenvalue weighted by Crippen LogP contribution is 2.27. The first-order valence-electron chi connectivity index (χ1n) is 7.79. The van der Waals surface area contributed by atoms with Gasteiger partial charge in [0.25, 0.3) is 0 Å². The summed E-state index contributed by atoms with van der Waals surface area (Å²) in [6.45, 7) is 12.6. The Morgan fingerprint density at radius 3 is 2.35 bits per heavy atom. The van der Waals surface area contributed by atoms with Crippen LogP contribution in [0.5, 0.6) is 0 Å². The van der Waals surface area contributed by atoms with Gasteiger partial charge in [0.2, 0.25) is 0 Å². The van der Waals surface area contributed by atoms with Gasteiger partial charge in [-0.05, 0) is 58.2 Å². The van der Waals surface area contributed by atoms with Crippen molar-refractivity contribution in [3.05, 3.63) is 62.4 Å². The Bertz CT molecular complexity index is 670. The highest BCUT2D eigenvalue weighted by Gasteiger charge is 2.05. The molecule has 0 saturated heterocycles. The Labute approximate surface area is 143 Å². The number of carbonyl (C=O) groups excluding carboxylic acids is 1. The maximum atomic E-state index is 11.3. The van der Waals surface area contributed by atoms with E-state index in [0.717, 1.165) is 11.1 Å². The first-order valence-corrected chi connectivity index (χ1v) is 8.61. The Morgan fingerprint density at radius 2 is 1.78 bits per heavy atom. The molecule has 0 spiro atoms. The molecular weight excluding hydrogens is 304 g/mol. The van der Waals surface area contributed by atoms with E-state index < -0.39 is 0 Å². The van der Waals surface area contributed by atoms with Crippen LogP contribution in [-0.4, -0.2) is 12.6 Å². The molecule has 0 amide bonds. The van der Waals surface area contributed by atoms with Gasteiger partial charge in [-0.15, -0.1) is 11.3 Å². The minimum absolute atomic E-state index is 0.297. The Morgan fingerprint density at radius 1 is 1.09 bits per heavy atom. The molecule has 0 aliphatic carbocycles. The number of esters is 1. The Kier molecular flexibility index (Phi) is 7.76. The third kappa shape index (κ3) is 6.41. The van der Waals surface area contributed by atoms with Crippen molar-refractivity contribution in [1.82, 2.24) is 0 Å². The van der Waals surface area contributed by atoms with Crippen molar-refractivity contribution < 1.29 is 9.53 Å². The van der Waals surface area contributed by atoms with Crippen LogP contribution in [0.4, 0.5) is 0 Å². The van der Waals surface area contributed by atoms with Crippen molar-refractivity contribution in [2.75, 3.05) is 6.61 Å². The molecule has 0 saturated carbocycles. The van der Waals surface area contributed by atoms with Gasteiger partial charge >= 0.3 is 5.97 Å². The minimum atomic E-state index is -0.297. The Balaban J connectivity index is 2.72. The lowest BCUT2D eigenvalue weighted by Crippen LogP contribution is -1.99. The van der Waals surface area contributed by atoms with Gasteiger partial charge in [-0.1, -0.05) is 36.0 Å². The van der Waals surface area contributed by atoms with Gasteiger partial charge < -0.3 is 4.74 Å². The summed E-state index contributed by atoms with van der Waals surface area (Å²) in [7, 11) is 0. The van der Waals surface area contributed by atoms with Crippen molar-refractivity contribution in [3.8, 4) is 0 Å². The van der Waals surface area contributed by atoms with Crippen LogP contribution in [0.15, 0.2) is 41.5 Å². The normalized spacial score (nSPS) is 13.3. The van der Waals surface area contributed by atoms with Gasteiger partial charge in [0.1, 0.15) is 0 Å². The quantitative estimate of drug-likeness (QED) is 0.380. The smallest absolute Gasteiger partial charge is 0.330 e. The number of allylic oxidation sites excluding steroid dienone is 6. The van der Waals surface area contributed by atoms with Gasteiger partial charge in [0, 0.05) is 15.8 Å². The SMILES string of the molecule is CCOC(=O)/C=C(C)/C=C/C=C(\C)C=Cc1c(C)sc(C)c1C. The molecule has 0 bridgehead atoms. The second kappa shape index (κ2) is 9.31. The summed E-state index contributed by atoms with van der Waals surface area (Å²) in [6, 6.07) is 0. The second-order valence-electron chi connectivity index (χ2n) is 5.50. The lowest BCUT2D eigenvalue weighted by Gasteiger charge is -1.96. The van der Waals surface area contributed by atoms with Crippen LogP contribution in [0.2, 0.25) is 0 Å². The van der Waals surface area contributed by atoms with Crippen molar-refractivity contribution in [3.63, 3.8) is 0 Å². The van der Waals surface area contributed by atoms with E-state index >= 15 is 0 Å². The van der Waals surface area contributed by atoms with Crippen LogP contribution in [0, 0.1) is 20.8 Å². The number of carbonyl (C=O) groups is 1. The maximum absolute atomic E-state index is 11.3. The maximum Gasteiger partial charge on any atom is 0.330 e. The molecule has 2 nitrogen and oxygen atoms in total. The molecule has 1 aromatic rings. The van der Waals surface area contributed by atoms with Gasteiger partial charge in [-0.25, -0.2) is 4.79 Å². The zero-order chi connectivity index (χ0) is 17.4. The monoisotopic (exact) mass is 330 g/mol. The van der Waals surface area contributed by atoms with Gasteiger partial charge in [0.15, 0.2) is 0 Å². The van der Waals surface area contributed by atoms with E-state index in [2.05, 4.69) is 39.8 Å². The van der Waals surface area contributed by atoms with Gasteiger partial charge in [0.05, 0.1) is 6.61 Å². The molecule has 1 rings (SSSR count). The molecule has 0 unspecified atom stereocenters. The van der Waals surface area contributed by atoms with E-state index in [1.54, 1.807) is 6.92 Å². The molecule has 0 aliphatic rings. The molecule has 1 heterocycles. The number of aryl methyl sites for hydroxylation is 2. The predicted octanol–water partition coefficient (Wildman–Crippen LogP) is 5.70. The summed E-state index contributed by atoms with van der Waals surface area (Å²) >= 11 is 1.84. The molecule has 0 atom stereocenters. The molecule has 124 valence electrons. The first-order chi connectivity index (χ1) is 10.8. The van der Waals surface area contributed by atoms with Crippen molar-refractivity contribution in [2.45, 2.75) is 41.5 Å². The van der Waals surface area contributed by atoms with Crippen LogP contribution in [0.3, 0.4) is 0 Å². The highest BCUT2D eigenvalue weighted by atomic mass is 32.1. The number of rotatable bonds is 6. The summed E-state index contributed by atoms with van der Waals surface area (Å²) in [5.41, 5.74) is 4.72. The van der Waals surface area contributed by atoms with E-state index in [0.29, 0.717) is 6.61 Å². The van der Waals surface area contributed by atoms with Crippen LogP contribution >= 0.6 is 11.3 Å². The fourth-order valence-electron chi connectivity index (χ4n) is 2.10. The van der Waals surface area contributed by atoms with Gasteiger partial charge in [-0.3, -0.25) is 0 Å². The van der Waals surface area contributed by atoms with Crippen molar-refractivity contribution in [1.29, 1.82) is 0 Å². The lowest BCUT2D eigenvalue weighted by atomic mass is 10.1. The van der Waals surface area contributed by atoms with E-state index in [1.165, 1.54) is 27.0 Å². The summed E-state index contributed by atoms with van der Waals surface area (Å²) in [6.07, 6.45) is 11.7. The summed E-state index contributed by atoms with van der Waals surface area (Å²) in [4.78, 5) is 14.1. The molecule has 0 N–H and O–H groups in total. The fraction of sp³-hybridized carbons (Fsp3) is 0.350. The molecule has 3 heteroatoms. The third-order valence-corrected chi connectivity index (χ3v) is 4.62. The third-order valence-electron chi connectivity index (χ3n) is 3.48. The van der Waals surface area contributed by atoms with Crippen molar-refractivity contribution >= 4 is 23.4 Å². The lowest BCUT2D eigenvalue weighted by molar-refractivity contribution is -0.137. The van der Waals surface area contributed by atoms with Gasteiger partial charge in [-0.2, -0.15) is 0 Å². The summed E-state index contributed by atoms with van der Waals surface area (Å²) in [5, 5.41) is 0. The van der Waals surface area contributed by atoms with Crippen LogP contribution in [0.1, 0.15) is 41.7 Å². The standard InChI is InChI=1S/C20H26O2S/c1-7-22-20(21)13-15(3)10-8-9-14(2)11-12-19-16(4)17(5)23-18(19)6/h8-13H,7H2,1-6H3/b10-8+,12-11?,14-9+,15-13+. The number of hydrogen-bond acceptors (Lipinski definition) is 3. The van der Waals surface area contributed by atoms with E-state index in [4.69, 9.17) is 4.74 Å². The molecule has 0 aromatic carbocycles. The number of hydrogen-bond donors (Lipinski definition) is 0. The molecule has 0 fully saturated rings. The Hall–Kier alpha value is -1.87. The molecule has 0 radical (unpaired) electrons. The second-order valence-corrected chi connectivity index (χ2v) is 6.93. The summed E-state index contributed by atoms with van der Waals surface area (Å²) in [5.74, 6) is -0.297. The van der Waals surface area contributed by atoms with Crippen molar-refractivity contribution in [2.24, 2.45) is 0 Å². The highest BCUT2D eigenvalue weighted by molar-refractivity contribution is 7.12. The largest absolute Gasteiger partial charge is 0.463 e. The van der Waals surface area contributed by atoms with E-state index in [-0.39, 0.29) is 5.97 Å². The molecular formula is C20H26O2S. The number of thiophene rings is 1. The molecule has 0 aliphatic heterocycles. The van der Waals surface area contributed by atoms with Crippen LogP contribution in [-0.2, 0) is 9.53 Å². The van der Waals surface area contributed by atoms with E-state index in [9.17, 15) is 4.79 Å².